The molecule has 0 bridgehead atoms. The van der Waals surface area contributed by atoms with Gasteiger partial charge in [-0.2, -0.15) is 0 Å². The van der Waals surface area contributed by atoms with Crippen LogP contribution in [0.15, 0.2) is 0 Å². The van der Waals surface area contributed by atoms with E-state index < -0.39 is 0 Å². The quantitative estimate of drug-likeness (QED) is 0.652. The Morgan fingerprint density at radius 2 is 1.91 bits per heavy atom. The van der Waals surface area contributed by atoms with Crippen molar-refractivity contribution >= 4 is 0 Å². The summed E-state index contributed by atoms with van der Waals surface area (Å²) in [5.41, 5.74) is 0.149. The maximum atomic E-state index is 9.18. The molecule has 0 saturated heterocycles. The Morgan fingerprint density at radius 1 is 1.36 bits per heavy atom. The average molecular weight is 158 g/mol. The number of aliphatic hydroxyl groups is 1. The molecule has 0 aliphatic heterocycles. The first-order valence-electron chi connectivity index (χ1n) is 4.67. The van der Waals surface area contributed by atoms with E-state index in [-0.39, 0.29) is 5.41 Å². The maximum Gasteiger partial charge on any atom is 0.0487 e. The van der Waals surface area contributed by atoms with Crippen molar-refractivity contribution in [1.82, 2.24) is 0 Å². The monoisotopic (exact) mass is 158 g/mol. The molecular formula is C10H22O. The van der Waals surface area contributed by atoms with Crippen LogP contribution in [-0.4, -0.2) is 11.7 Å². The predicted octanol–water partition coefficient (Wildman–Crippen LogP) is 2.83. The van der Waals surface area contributed by atoms with Crippen molar-refractivity contribution < 1.29 is 5.11 Å². The number of aliphatic hydroxyl groups excluding tert-OH is 1. The van der Waals surface area contributed by atoms with E-state index >= 15 is 0 Å². The van der Waals surface area contributed by atoms with Gasteiger partial charge in [0.1, 0.15) is 0 Å². The van der Waals surface area contributed by atoms with Crippen LogP contribution in [0.4, 0.5) is 0 Å². The van der Waals surface area contributed by atoms with E-state index in [1.165, 1.54) is 12.8 Å². The highest BCUT2D eigenvalue weighted by atomic mass is 16.3. The maximum absolute atomic E-state index is 9.18. The first-order valence-corrected chi connectivity index (χ1v) is 4.67. The highest BCUT2D eigenvalue weighted by Gasteiger charge is 2.26. The topological polar surface area (TPSA) is 20.2 Å². The van der Waals surface area contributed by atoms with Gasteiger partial charge in [-0.05, 0) is 17.8 Å². The minimum atomic E-state index is 0.149. The van der Waals surface area contributed by atoms with Crippen LogP contribution in [0, 0.1) is 11.3 Å². The fraction of sp³-hybridized carbons (Fsp3) is 1.00. The lowest BCUT2D eigenvalue weighted by Gasteiger charge is -2.31. The molecule has 0 aliphatic carbocycles. The Labute approximate surface area is 70.8 Å². The minimum absolute atomic E-state index is 0.149. The fourth-order valence-electron chi connectivity index (χ4n) is 1.13. The van der Waals surface area contributed by atoms with Crippen LogP contribution in [0.3, 0.4) is 0 Å². The molecule has 0 fully saturated rings. The van der Waals surface area contributed by atoms with Crippen LogP contribution >= 0.6 is 0 Å². The lowest BCUT2D eigenvalue weighted by atomic mass is 9.76. The van der Waals surface area contributed by atoms with Crippen molar-refractivity contribution in [3.8, 4) is 0 Å². The van der Waals surface area contributed by atoms with E-state index in [0.29, 0.717) is 12.5 Å². The van der Waals surface area contributed by atoms with Gasteiger partial charge in [0.2, 0.25) is 0 Å². The summed E-state index contributed by atoms with van der Waals surface area (Å²) >= 11 is 0. The summed E-state index contributed by atoms with van der Waals surface area (Å²) in [6, 6.07) is 0. The van der Waals surface area contributed by atoms with Gasteiger partial charge in [-0.15, -0.1) is 0 Å². The van der Waals surface area contributed by atoms with Gasteiger partial charge in [-0.25, -0.2) is 0 Å². The minimum Gasteiger partial charge on any atom is -0.396 e. The third-order valence-electron chi connectivity index (χ3n) is 2.86. The molecule has 0 aromatic carbocycles. The lowest BCUT2D eigenvalue weighted by molar-refractivity contribution is 0.0831. The van der Waals surface area contributed by atoms with E-state index in [1.54, 1.807) is 0 Å². The summed E-state index contributed by atoms with van der Waals surface area (Å²) in [6.07, 6.45) is 3.61. The van der Waals surface area contributed by atoms with E-state index in [4.69, 9.17) is 0 Å². The average Bonchev–Trinajstić information content (AvgIpc) is 2.00. The van der Waals surface area contributed by atoms with E-state index in [1.807, 2.05) is 0 Å². The molecule has 0 aliphatic rings. The standard InChI is InChI=1S/C10H22O/c1-5-6-7-10(4,8-11)9(2)3/h9,11H,5-8H2,1-4H3/t10-/m0/s1. The van der Waals surface area contributed by atoms with Gasteiger partial charge in [-0.3, -0.25) is 0 Å². The van der Waals surface area contributed by atoms with E-state index in [0.717, 1.165) is 6.42 Å². The Balaban J connectivity index is 3.88. The van der Waals surface area contributed by atoms with Crippen molar-refractivity contribution in [2.45, 2.75) is 47.0 Å². The normalized spacial score (nSPS) is 16.9. The molecule has 0 rings (SSSR count). The summed E-state index contributed by atoms with van der Waals surface area (Å²) in [6.45, 7) is 9.06. The van der Waals surface area contributed by atoms with Crippen molar-refractivity contribution in [3.05, 3.63) is 0 Å². The van der Waals surface area contributed by atoms with Gasteiger partial charge in [0.15, 0.2) is 0 Å². The second kappa shape index (κ2) is 4.76. The second-order valence-electron chi connectivity index (χ2n) is 4.07. The Bertz CT molecular complexity index is 99.0. The van der Waals surface area contributed by atoms with Crippen LogP contribution < -0.4 is 0 Å². The third kappa shape index (κ3) is 3.24. The molecule has 1 N–H and O–H groups in total. The number of rotatable bonds is 5. The molecule has 0 amide bonds. The summed E-state index contributed by atoms with van der Waals surface area (Å²) in [7, 11) is 0. The van der Waals surface area contributed by atoms with Crippen LogP contribution in [-0.2, 0) is 0 Å². The van der Waals surface area contributed by atoms with Gasteiger partial charge >= 0.3 is 0 Å². The first kappa shape index (κ1) is 11.0. The number of unbranched alkanes of at least 4 members (excludes halogenated alkanes) is 1. The molecule has 0 aromatic rings. The molecule has 0 saturated carbocycles. The van der Waals surface area contributed by atoms with Crippen LogP contribution in [0.1, 0.15) is 47.0 Å². The molecule has 0 radical (unpaired) electrons. The smallest absolute Gasteiger partial charge is 0.0487 e. The zero-order chi connectivity index (χ0) is 8.91. The molecule has 1 heteroatoms. The van der Waals surface area contributed by atoms with Gasteiger partial charge in [0, 0.05) is 6.61 Å². The lowest BCUT2D eigenvalue weighted by Crippen LogP contribution is -2.27. The Morgan fingerprint density at radius 3 is 2.18 bits per heavy atom. The molecule has 0 aromatic heterocycles. The zero-order valence-corrected chi connectivity index (χ0v) is 8.35. The summed E-state index contributed by atoms with van der Waals surface area (Å²) in [4.78, 5) is 0. The van der Waals surface area contributed by atoms with E-state index in [9.17, 15) is 5.11 Å². The van der Waals surface area contributed by atoms with Gasteiger partial charge < -0.3 is 5.11 Å². The van der Waals surface area contributed by atoms with Crippen LogP contribution in [0.5, 0.6) is 0 Å². The van der Waals surface area contributed by atoms with Crippen molar-refractivity contribution in [2.75, 3.05) is 6.61 Å². The largest absolute Gasteiger partial charge is 0.396 e. The van der Waals surface area contributed by atoms with Crippen LogP contribution in [0.2, 0.25) is 0 Å². The molecule has 0 heterocycles. The van der Waals surface area contributed by atoms with Gasteiger partial charge in [-0.1, -0.05) is 40.5 Å². The predicted molar refractivity (Wildman–Crippen MR) is 49.6 cm³/mol. The van der Waals surface area contributed by atoms with E-state index in [2.05, 4.69) is 27.7 Å². The SMILES string of the molecule is CCCC[C@@](C)(CO)C(C)C. The highest BCUT2D eigenvalue weighted by molar-refractivity contribution is 4.76. The number of hydrogen-bond acceptors (Lipinski definition) is 1. The molecule has 11 heavy (non-hydrogen) atoms. The highest BCUT2D eigenvalue weighted by Crippen LogP contribution is 2.31. The second-order valence-corrected chi connectivity index (χ2v) is 4.07. The van der Waals surface area contributed by atoms with Gasteiger partial charge in [0.05, 0.1) is 0 Å². The zero-order valence-electron chi connectivity index (χ0n) is 8.35. The Kier molecular flexibility index (Phi) is 4.74. The molecule has 0 spiro atoms. The third-order valence-corrected chi connectivity index (χ3v) is 2.86. The summed E-state index contributed by atoms with van der Waals surface area (Å²) < 4.78 is 0. The molecule has 1 nitrogen and oxygen atoms in total. The summed E-state index contributed by atoms with van der Waals surface area (Å²) in [5, 5.41) is 9.18. The first-order chi connectivity index (χ1) is 5.06. The van der Waals surface area contributed by atoms with Crippen molar-refractivity contribution in [3.63, 3.8) is 0 Å². The van der Waals surface area contributed by atoms with Crippen LogP contribution in [0.25, 0.3) is 0 Å². The molecule has 1 atom stereocenters. The number of hydrogen-bond donors (Lipinski definition) is 1. The molecule has 0 unspecified atom stereocenters. The van der Waals surface area contributed by atoms with Crippen molar-refractivity contribution in [1.29, 1.82) is 0 Å². The van der Waals surface area contributed by atoms with Gasteiger partial charge in [0.25, 0.3) is 0 Å². The summed E-state index contributed by atoms with van der Waals surface area (Å²) in [5.74, 6) is 0.582. The fourth-order valence-corrected chi connectivity index (χ4v) is 1.13. The molecular weight excluding hydrogens is 136 g/mol. The van der Waals surface area contributed by atoms with Crippen molar-refractivity contribution in [2.24, 2.45) is 11.3 Å². The molecule has 68 valence electrons. The Hall–Kier alpha value is -0.0400.